The number of hydrogen-bond acceptors (Lipinski definition) is 3. The maximum absolute atomic E-state index is 11.0. The minimum Gasteiger partial charge on any atom is -0.444 e. The van der Waals surface area contributed by atoms with Crippen molar-refractivity contribution in [3.63, 3.8) is 0 Å². The fourth-order valence-corrected chi connectivity index (χ4v) is 0.549. The molecular weight excluding hydrogens is 170 g/mol. The van der Waals surface area contributed by atoms with Crippen LogP contribution in [-0.4, -0.2) is 30.0 Å². The predicted molar refractivity (Wildman–Crippen MR) is 49.1 cm³/mol. The van der Waals surface area contributed by atoms with E-state index in [-0.39, 0.29) is 13.2 Å². The number of rotatable bonds is 1. The summed E-state index contributed by atoms with van der Waals surface area (Å²) < 4.78 is 4.94. The van der Waals surface area contributed by atoms with E-state index in [1.54, 1.807) is 20.8 Å². The quantitative estimate of drug-likeness (QED) is 0.585. The van der Waals surface area contributed by atoms with Crippen molar-refractivity contribution in [2.75, 3.05) is 13.2 Å². The van der Waals surface area contributed by atoms with Crippen molar-refractivity contribution in [2.24, 2.45) is 0 Å². The highest BCUT2D eigenvalue weighted by molar-refractivity contribution is 5.67. The van der Waals surface area contributed by atoms with Crippen molar-refractivity contribution in [1.29, 1.82) is 0 Å². The standard InChI is InChI=1S/C9H15NO3/c1-9(2,3)13-8(12)10-6-4-5-7-11/h11H,6-7H2,1-3H3,(H,10,12). The summed E-state index contributed by atoms with van der Waals surface area (Å²) in [6, 6.07) is 0. The number of ether oxygens (including phenoxy) is 1. The summed E-state index contributed by atoms with van der Waals surface area (Å²) in [5.41, 5.74) is -0.492. The third kappa shape index (κ3) is 8.70. The molecule has 0 spiro atoms. The van der Waals surface area contributed by atoms with Crippen molar-refractivity contribution in [3.05, 3.63) is 0 Å². The van der Waals surface area contributed by atoms with Gasteiger partial charge in [0, 0.05) is 0 Å². The normalized spacial score (nSPS) is 9.85. The topological polar surface area (TPSA) is 58.6 Å². The lowest BCUT2D eigenvalue weighted by atomic mass is 10.2. The van der Waals surface area contributed by atoms with Gasteiger partial charge in [-0.25, -0.2) is 4.79 Å². The molecule has 1 amide bonds. The molecule has 0 aliphatic carbocycles. The molecule has 74 valence electrons. The maximum atomic E-state index is 11.0. The molecule has 0 aliphatic heterocycles. The maximum Gasteiger partial charge on any atom is 0.408 e. The van der Waals surface area contributed by atoms with Crippen LogP contribution in [0, 0.1) is 11.8 Å². The van der Waals surface area contributed by atoms with Crippen molar-refractivity contribution in [2.45, 2.75) is 26.4 Å². The van der Waals surface area contributed by atoms with Crippen LogP contribution in [0.15, 0.2) is 0 Å². The molecule has 0 saturated carbocycles. The van der Waals surface area contributed by atoms with Gasteiger partial charge < -0.3 is 15.2 Å². The first-order valence-corrected chi connectivity index (χ1v) is 3.99. The van der Waals surface area contributed by atoms with Gasteiger partial charge in [0.1, 0.15) is 12.2 Å². The SMILES string of the molecule is CC(C)(C)OC(=O)NCC#CCO. The Balaban J connectivity index is 3.64. The smallest absolute Gasteiger partial charge is 0.408 e. The lowest BCUT2D eigenvalue weighted by molar-refractivity contribution is 0.0535. The second-order valence-corrected chi connectivity index (χ2v) is 3.37. The summed E-state index contributed by atoms with van der Waals surface area (Å²) >= 11 is 0. The summed E-state index contributed by atoms with van der Waals surface area (Å²) in [5, 5.41) is 10.7. The van der Waals surface area contributed by atoms with Crippen molar-refractivity contribution < 1.29 is 14.6 Å². The van der Waals surface area contributed by atoms with Gasteiger partial charge in [0.2, 0.25) is 0 Å². The summed E-state index contributed by atoms with van der Waals surface area (Å²) in [6.45, 7) is 5.34. The molecule has 0 atom stereocenters. The van der Waals surface area contributed by atoms with Crippen LogP contribution in [0.3, 0.4) is 0 Å². The highest BCUT2D eigenvalue weighted by Gasteiger charge is 2.14. The average Bonchev–Trinajstić information content (AvgIpc) is 1.94. The van der Waals surface area contributed by atoms with E-state index in [0.717, 1.165) is 0 Å². The molecule has 0 rings (SSSR count). The number of nitrogens with one attached hydrogen (secondary N) is 1. The van der Waals surface area contributed by atoms with E-state index in [9.17, 15) is 4.79 Å². The lowest BCUT2D eigenvalue weighted by Crippen LogP contribution is -2.32. The van der Waals surface area contributed by atoms with E-state index in [4.69, 9.17) is 9.84 Å². The molecule has 0 heterocycles. The van der Waals surface area contributed by atoms with Gasteiger partial charge in [-0.1, -0.05) is 11.8 Å². The van der Waals surface area contributed by atoms with E-state index in [1.807, 2.05) is 0 Å². The van der Waals surface area contributed by atoms with Gasteiger partial charge in [0.15, 0.2) is 0 Å². The molecule has 0 aromatic rings. The number of hydrogen-bond donors (Lipinski definition) is 2. The molecule has 0 aromatic carbocycles. The van der Waals surface area contributed by atoms with Gasteiger partial charge in [-0.2, -0.15) is 0 Å². The molecule has 0 bridgehead atoms. The predicted octanol–water partition coefficient (Wildman–Crippen LogP) is 0.507. The first kappa shape index (κ1) is 11.8. The Kier molecular flexibility index (Phi) is 4.93. The minimum atomic E-state index is -0.500. The van der Waals surface area contributed by atoms with E-state index in [0.29, 0.717) is 0 Å². The molecule has 0 radical (unpaired) electrons. The highest BCUT2D eigenvalue weighted by Crippen LogP contribution is 2.05. The first-order valence-electron chi connectivity index (χ1n) is 3.99. The minimum absolute atomic E-state index is 0.190. The van der Waals surface area contributed by atoms with Crippen LogP contribution < -0.4 is 5.32 Å². The Labute approximate surface area is 78.3 Å². The molecule has 2 N–H and O–H groups in total. The highest BCUT2D eigenvalue weighted by atomic mass is 16.6. The summed E-state index contributed by atoms with van der Waals surface area (Å²) in [4.78, 5) is 11.0. The number of carbonyl (C=O) groups excluding carboxylic acids is 1. The lowest BCUT2D eigenvalue weighted by Gasteiger charge is -2.18. The Bertz CT molecular complexity index is 219. The molecule has 0 aromatic heterocycles. The average molecular weight is 185 g/mol. The Morgan fingerprint density at radius 3 is 2.54 bits per heavy atom. The van der Waals surface area contributed by atoms with E-state index in [2.05, 4.69) is 17.2 Å². The summed E-state index contributed by atoms with van der Waals surface area (Å²) in [7, 11) is 0. The largest absolute Gasteiger partial charge is 0.444 e. The second kappa shape index (κ2) is 5.44. The van der Waals surface area contributed by atoms with E-state index < -0.39 is 11.7 Å². The van der Waals surface area contributed by atoms with Crippen LogP contribution in [0.1, 0.15) is 20.8 Å². The van der Waals surface area contributed by atoms with E-state index >= 15 is 0 Å². The van der Waals surface area contributed by atoms with Crippen LogP contribution in [0.25, 0.3) is 0 Å². The first-order chi connectivity index (χ1) is 5.95. The number of aliphatic hydroxyl groups excluding tert-OH is 1. The third-order valence-electron chi connectivity index (χ3n) is 0.924. The molecule has 0 aliphatic rings. The van der Waals surface area contributed by atoms with Crippen LogP contribution >= 0.6 is 0 Å². The zero-order valence-corrected chi connectivity index (χ0v) is 8.18. The molecule has 0 unspecified atom stereocenters. The van der Waals surface area contributed by atoms with Crippen LogP contribution in [0.4, 0.5) is 4.79 Å². The van der Waals surface area contributed by atoms with Gasteiger partial charge in [-0.15, -0.1) is 0 Å². The van der Waals surface area contributed by atoms with Crippen LogP contribution in [0.5, 0.6) is 0 Å². The van der Waals surface area contributed by atoms with Gasteiger partial charge in [-0.3, -0.25) is 0 Å². The molecule has 4 heteroatoms. The monoisotopic (exact) mass is 185 g/mol. The van der Waals surface area contributed by atoms with Gasteiger partial charge in [-0.05, 0) is 20.8 Å². The third-order valence-corrected chi connectivity index (χ3v) is 0.924. The molecule has 0 saturated heterocycles. The summed E-state index contributed by atoms with van der Waals surface area (Å²) in [6.07, 6.45) is -0.500. The molecule has 13 heavy (non-hydrogen) atoms. The fourth-order valence-electron chi connectivity index (χ4n) is 0.549. The van der Waals surface area contributed by atoms with Crippen LogP contribution in [0.2, 0.25) is 0 Å². The zero-order chi connectivity index (χ0) is 10.3. The van der Waals surface area contributed by atoms with Crippen LogP contribution in [-0.2, 0) is 4.74 Å². The molecule has 0 fully saturated rings. The van der Waals surface area contributed by atoms with Crippen molar-refractivity contribution in [3.8, 4) is 11.8 Å². The molecule has 4 nitrogen and oxygen atoms in total. The van der Waals surface area contributed by atoms with Gasteiger partial charge in [0.05, 0.1) is 6.54 Å². The zero-order valence-electron chi connectivity index (χ0n) is 8.18. The van der Waals surface area contributed by atoms with Crippen molar-refractivity contribution in [1.82, 2.24) is 5.32 Å². The van der Waals surface area contributed by atoms with Gasteiger partial charge in [0.25, 0.3) is 0 Å². The Hall–Kier alpha value is -1.21. The second-order valence-electron chi connectivity index (χ2n) is 3.37. The number of amides is 1. The van der Waals surface area contributed by atoms with E-state index in [1.165, 1.54) is 0 Å². The van der Waals surface area contributed by atoms with Crippen molar-refractivity contribution >= 4 is 6.09 Å². The molecular formula is C9H15NO3. The van der Waals surface area contributed by atoms with Gasteiger partial charge >= 0.3 is 6.09 Å². The fraction of sp³-hybridized carbons (Fsp3) is 0.667. The number of alkyl carbamates (subject to hydrolysis) is 1. The number of aliphatic hydroxyl groups is 1. The number of carbonyl (C=O) groups is 1. The summed E-state index contributed by atoms with van der Waals surface area (Å²) in [5.74, 6) is 4.94. The Morgan fingerprint density at radius 2 is 2.08 bits per heavy atom. The Morgan fingerprint density at radius 1 is 1.46 bits per heavy atom.